The van der Waals surface area contributed by atoms with Crippen LogP contribution in [0.25, 0.3) is 0 Å². The van der Waals surface area contributed by atoms with Gasteiger partial charge in [-0.3, -0.25) is 0 Å². The van der Waals surface area contributed by atoms with Crippen LogP contribution in [0.3, 0.4) is 0 Å². The summed E-state index contributed by atoms with van der Waals surface area (Å²) in [5.41, 5.74) is -0.0236. The average molecular weight is 156 g/mol. The fraction of sp³-hybridized carbons (Fsp3) is 0.800. The van der Waals surface area contributed by atoms with Crippen molar-refractivity contribution in [2.24, 2.45) is 5.41 Å². The maximum Gasteiger partial charge on any atom is 0.0769 e. The van der Waals surface area contributed by atoms with E-state index in [1.807, 2.05) is 26.8 Å². The molecule has 0 bridgehead atoms. The molecule has 0 rings (SSSR count). The van der Waals surface area contributed by atoms with E-state index in [4.69, 9.17) is 0 Å². The molecule has 1 unspecified atom stereocenters. The summed E-state index contributed by atoms with van der Waals surface area (Å²) in [5, 5.41) is 9.53. The van der Waals surface area contributed by atoms with Crippen LogP contribution in [-0.4, -0.2) is 11.2 Å². The molecule has 0 aromatic carbocycles. The minimum absolute atomic E-state index is 0.0236. The van der Waals surface area contributed by atoms with Crippen LogP contribution in [0.15, 0.2) is 12.2 Å². The van der Waals surface area contributed by atoms with Gasteiger partial charge < -0.3 is 5.11 Å². The van der Waals surface area contributed by atoms with Gasteiger partial charge in [-0.25, -0.2) is 0 Å². The van der Waals surface area contributed by atoms with Crippen molar-refractivity contribution in [1.29, 1.82) is 0 Å². The number of allylic oxidation sites excluding steroid dienone is 1. The van der Waals surface area contributed by atoms with Crippen LogP contribution >= 0.6 is 0 Å². The fourth-order valence-electron chi connectivity index (χ4n) is 0.680. The van der Waals surface area contributed by atoms with Crippen LogP contribution in [-0.2, 0) is 0 Å². The smallest absolute Gasteiger partial charge is 0.0769 e. The van der Waals surface area contributed by atoms with Gasteiger partial charge in [0.15, 0.2) is 0 Å². The zero-order valence-electron chi connectivity index (χ0n) is 8.09. The minimum atomic E-state index is -0.311. The fourth-order valence-corrected chi connectivity index (χ4v) is 0.680. The van der Waals surface area contributed by atoms with Crippen LogP contribution in [0.4, 0.5) is 0 Å². The Balaban J connectivity index is 3.77. The molecule has 0 aliphatic heterocycles. The Labute approximate surface area is 70.1 Å². The Morgan fingerprint density at radius 3 is 2.27 bits per heavy atom. The standard InChI is InChI=1S/C10H20O/c1-5-6-7-8-9(11)10(2,3)4/h7-9,11H,5-6H2,1-4H3. The summed E-state index contributed by atoms with van der Waals surface area (Å²) in [6.45, 7) is 8.24. The molecule has 0 aliphatic rings. The van der Waals surface area contributed by atoms with Crippen molar-refractivity contribution in [2.75, 3.05) is 0 Å². The lowest BCUT2D eigenvalue weighted by atomic mass is 9.89. The number of hydrogen-bond donors (Lipinski definition) is 1. The van der Waals surface area contributed by atoms with Gasteiger partial charge >= 0.3 is 0 Å². The largest absolute Gasteiger partial charge is 0.388 e. The number of aliphatic hydroxyl groups is 1. The third-order valence-corrected chi connectivity index (χ3v) is 1.66. The van der Waals surface area contributed by atoms with Gasteiger partial charge in [0.1, 0.15) is 0 Å². The second kappa shape index (κ2) is 4.55. The molecule has 0 fully saturated rings. The van der Waals surface area contributed by atoms with Gasteiger partial charge in [0, 0.05) is 0 Å². The lowest BCUT2D eigenvalue weighted by Crippen LogP contribution is -2.23. The molecule has 0 aromatic rings. The van der Waals surface area contributed by atoms with Gasteiger partial charge in [0.05, 0.1) is 6.10 Å². The lowest BCUT2D eigenvalue weighted by Gasteiger charge is -2.22. The molecule has 0 saturated heterocycles. The normalized spacial score (nSPS) is 15.7. The van der Waals surface area contributed by atoms with Crippen LogP contribution in [0.5, 0.6) is 0 Å². The van der Waals surface area contributed by atoms with E-state index in [-0.39, 0.29) is 11.5 Å². The summed E-state index contributed by atoms with van der Waals surface area (Å²) in [6.07, 6.45) is 5.84. The molecular formula is C10H20O. The molecule has 0 amide bonds. The summed E-state index contributed by atoms with van der Waals surface area (Å²) in [7, 11) is 0. The van der Waals surface area contributed by atoms with E-state index < -0.39 is 0 Å². The molecule has 1 heteroatoms. The van der Waals surface area contributed by atoms with Crippen molar-refractivity contribution >= 4 is 0 Å². The summed E-state index contributed by atoms with van der Waals surface area (Å²) >= 11 is 0. The highest BCUT2D eigenvalue weighted by molar-refractivity contribution is 4.93. The van der Waals surface area contributed by atoms with Crippen molar-refractivity contribution in [3.63, 3.8) is 0 Å². The molecular weight excluding hydrogens is 136 g/mol. The molecule has 1 N–H and O–H groups in total. The van der Waals surface area contributed by atoms with Crippen molar-refractivity contribution in [1.82, 2.24) is 0 Å². The number of rotatable bonds is 3. The molecule has 1 nitrogen and oxygen atoms in total. The van der Waals surface area contributed by atoms with Gasteiger partial charge in [0.25, 0.3) is 0 Å². The minimum Gasteiger partial charge on any atom is -0.388 e. The molecule has 0 heterocycles. The van der Waals surface area contributed by atoms with E-state index >= 15 is 0 Å². The Morgan fingerprint density at radius 2 is 1.91 bits per heavy atom. The Morgan fingerprint density at radius 1 is 1.36 bits per heavy atom. The third-order valence-electron chi connectivity index (χ3n) is 1.66. The van der Waals surface area contributed by atoms with E-state index in [1.165, 1.54) is 0 Å². The molecule has 0 spiro atoms. The van der Waals surface area contributed by atoms with Gasteiger partial charge in [-0.2, -0.15) is 0 Å². The zero-order chi connectivity index (χ0) is 8.91. The molecule has 0 aliphatic carbocycles. The van der Waals surface area contributed by atoms with E-state index in [1.54, 1.807) is 0 Å². The summed E-state index contributed by atoms with van der Waals surface area (Å²) in [5.74, 6) is 0. The van der Waals surface area contributed by atoms with Crippen molar-refractivity contribution in [3.05, 3.63) is 12.2 Å². The highest BCUT2D eigenvalue weighted by Gasteiger charge is 2.18. The highest BCUT2D eigenvalue weighted by atomic mass is 16.3. The first-order valence-corrected chi connectivity index (χ1v) is 4.33. The predicted molar refractivity (Wildman–Crippen MR) is 49.5 cm³/mol. The predicted octanol–water partition coefficient (Wildman–Crippen LogP) is 2.75. The third kappa shape index (κ3) is 5.02. The monoisotopic (exact) mass is 156 g/mol. The number of hydrogen-bond acceptors (Lipinski definition) is 1. The van der Waals surface area contributed by atoms with Crippen molar-refractivity contribution < 1.29 is 5.11 Å². The lowest BCUT2D eigenvalue weighted by molar-refractivity contribution is 0.105. The van der Waals surface area contributed by atoms with Crippen molar-refractivity contribution in [3.8, 4) is 0 Å². The summed E-state index contributed by atoms with van der Waals surface area (Å²) in [4.78, 5) is 0. The average Bonchev–Trinajstić information content (AvgIpc) is 1.86. The Kier molecular flexibility index (Phi) is 4.43. The van der Waals surface area contributed by atoms with E-state index in [2.05, 4.69) is 13.0 Å². The van der Waals surface area contributed by atoms with Gasteiger partial charge in [-0.1, -0.05) is 46.3 Å². The second-order valence-corrected chi connectivity index (χ2v) is 4.03. The highest BCUT2D eigenvalue weighted by Crippen LogP contribution is 2.19. The van der Waals surface area contributed by atoms with E-state index in [0.717, 1.165) is 12.8 Å². The van der Waals surface area contributed by atoms with E-state index in [9.17, 15) is 5.11 Å². The molecule has 0 radical (unpaired) electrons. The van der Waals surface area contributed by atoms with Crippen LogP contribution in [0, 0.1) is 5.41 Å². The first kappa shape index (κ1) is 10.7. The molecule has 0 aromatic heterocycles. The summed E-state index contributed by atoms with van der Waals surface area (Å²) in [6, 6.07) is 0. The zero-order valence-corrected chi connectivity index (χ0v) is 8.09. The maximum atomic E-state index is 9.53. The summed E-state index contributed by atoms with van der Waals surface area (Å²) < 4.78 is 0. The maximum absolute atomic E-state index is 9.53. The number of aliphatic hydroxyl groups excluding tert-OH is 1. The van der Waals surface area contributed by atoms with Crippen LogP contribution in [0.1, 0.15) is 40.5 Å². The first-order chi connectivity index (χ1) is 4.98. The second-order valence-electron chi connectivity index (χ2n) is 4.03. The van der Waals surface area contributed by atoms with Crippen LogP contribution < -0.4 is 0 Å². The van der Waals surface area contributed by atoms with Crippen LogP contribution in [0.2, 0.25) is 0 Å². The molecule has 66 valence electrons. The van der Waals surface area contributed by atoms with Crippen molar-refractivity contribution in [2.45, 2.75) is 46.6 Å². The first-order valence-electron chi connectivity index (χ1n) is 4.33. The molecule has 11 heavy (non-hydrogen) atoms. The van der Waals surface area contributed by atoms with Gasteiger partial charge in [0.2, 0.25) is 0 Å². The van der Waals surface area contributed by atoms with Gasteiger partial charge in [-0.05, 0) is 11.8 Å². The Bertz CT molecular complexity index is 119. The molecule has 0 saturated carbocycles. The Hall–Kier alpha value is -0.300. The SMILES string of the molecule is CCCC=CC(O)C(C)(C)C. The number of unbranched alkanes of at least 4 members (excludes halogenated alkanes) is 1. The quantitative estimate of drug-likeness (QED) is 0.623. The topological polar surface area (TPSA) is 20.2 Å². The van der Waals surface area contributed by atoms with E-state index in [0.29, 0.717) is 0 Å². The van der Waals surface area contributed by atoms with Gasteiger partial charge in [-0.15, -0.1) is 0 Å². The molecule has 1 atom stereocenters.